The molecule has 17 heavy (non-hydrogen) atoms. The smallest absolute Gasteiger partial charge is 0.127 e. The van der Waals surface area contributed by atoms with Crippen LogP contribution in [-0.2, 0) is 0 Å². The van der Waals surface area contributed by atoms with Gasteiger partial charge in [0.1, 0.15) is 5.82 Å². The van der Waals surface area contributed by atoms with Crippen LogP contribution in [0.2, 0.25) is 0 Å². The van der Waals surface area contributed by atoms with Crippen LogP contribution in [0.15, 0.2) is 22.7 Å². The molecule has 3 nitrogen and oxygen atoms in total. The quantitative estimate of drug-likeness (QED) is 0.936. The first-order valence-corrected chi connectivity index (χ1v) is 6.68. The van der Waals surface area contributed by atoms with E-state index in [1.54, 1.807) is 0 Å². The second-order valence-corrected chi connectivity index (χ2v) is 5.49. The Morgan fingerprint density at radius 3 is 2.59 bits per heavy atom. The summed E-state index contributed by atoms with van der Waals surface area (Å²) in [6.07, 6.45) is 0. The molecular weight excluding hydrogens is 278 g/mol. The van der Waals surface area contributed by atoms with Gasteiger partial charge in [0.25, 0.3) is 0 Å². The van der Waals surface area contributed by atoms with Crippen molar-refractivity contribution >= 4 is 27.0 Å². The molecule has 1 N–H and O–H groups in total. The van der Waals surface area contributed by atoms with Crippen LogP contribution in [0, 0.1) is 0 Å². The molecule has 1 heterocycles. The standard InChI is InChI=1S/C13H18BrN3/c1-8(2)17-12-6-5-10(14)7-11(12)16-13(17)9(3)15-4/h5-9,15H,1-4H3. The van der Waals surface area contributed by atoms with Gasteiger partial charge in [0.15, 0.2) is 0 Å². The van der Waals surface area contributed by atoms with Crippen molar-refractivity contribution in [3.63, 3.8) is 0 Å². The van der Waals surface area contributed by atoms with Gasteiger partial charge in [-0.25, -0.2) is 4.98 Å². The SMILES string of the molecule is CNC(C)c1nc2cc(Br)ccc2n1C(C)C. The summed E-state index contributed by atoms with van der Waals surface area (Å²) in [5.74, 6) is 1.09. The van der Waals surface area contributed by atoms with Gasteiger partial charge in [-0.2, -0.15) is 0 Å². The predicted octanol–water partition coefficient (Wildman–Crippen LogP) is 3.66. The van der Waals surface area contributed by atoms with E-state index in [4.69, 9.17) is 4.98 Å². The van der Waals surface area contributed by atoms with Crippen LogP contribution >= 0.6 is 15.9 Å². The fourth-order valence-electron chi connectivity index (χ4n) is 2.07. The van der Waals surface area contributed by atoms with E-state index in [0.717, 1.165) is 15.8 Å². The van der Waals surface area contributed by atoms with Gasteiger partial charge in [-0.3, -0.25) is 0 Å². The van der Waals surface area contributed by atoms with Crippen LogP contribution in [-0.4, -0.2) is 16.6 Å². The molecule has 0 amide bonds. The van der Waals surface area contributed by atoms with Crippen molar-refractivity contribution in [2.75, 3.05) is 7.05 Å². The van der Waals surface area contributed by atoms with Gasteiger partial charge in [-0.1, -0.05) is 15.9 Å². The molecular formula is C13H18BrN3. The third kappa shape index (κ3) is 2.24. The molecule has 0 aliphatic rings. The zero-order valence-corrected chi connectivity index (χ0v) is 12.2. The summed E-state index contributed by atoms with van der Waals surface area (Å²) in [6, 6.07) is 6.92. The minimum Gasteiger partial charge on any atom is -0.324 e. The maximum Gasteiger partial charge on any atom is 0.127 e. The van der Waals surface area contributed by atoms with E-state index in [1.807, 2.05) is 7.05 Å². The molecule has 2 rings (SSSR count). The monoisotopic (exact) mass is 295 g/mol. The molecule has 0 fully saturated rings. The second-order valence-electron chi connectivity index (χ2n) is 4.58. The summed E-state index contributed by atoms with van der Waals surface area (Å²) in [7, 11) is 1.96. The van der Waals surface area contributed by atoms with Crippen molar-refractivity contribution in [1.82, 2.24) is 14.9 Å². The summed E-state index contributed by atoms with van der Waals surface area (Å²) < 4.78 is 3.37. The molecule has 4 heteroatoms. The number of rotatable bonds is 3. The van der Waals surface area contributed by atoms with Crippen molar-refractivity contribution in [2.45, 2.75) is 32.9 Å². The largest absolute Gasteiger partial charge is 0.324 e. The summed E-state index contributed by atoms with van der Waals surface area (Å²) in [6.45, 7) is 6.51. The number of imidazole rings is 1. The molecule has 1 aromatic carbocycles. The highest BCUT2D eigenvalue weighted by atomic mass is 79.9. The summed E-state index contributed by atoms with van der Waals surface area (Å²) in [5.41, 5.74) is 2.24. The molecule has 0 radical (unpaired) electrons. The van der Waals surface area contributed by atoms with Gasteiger partial charge in [0.2, 0.25) is 0 Å². The molecule has 1 aromatic heterocycles. The average Bonchev–Trinajstić information content (AvgIpc) is 2.66. The van der Waals surface area contributed by atoms with E-state index >= 15 is 0 Å². The summed E-state index contributed by atoms with van der Waals surface area (Å²) >= 11 is 3.49. The highest BCUT2D eigenvalue weighted by Gasteiger charge is 2.17. The van der Waals surface area contributed by atoms with E-state index in [2.05, 4.69) is 64.8 Å². The van der Waals surface area contributed by atoms with Crippen molar-refractivity contribution < 1.29 is 0 Å². The first-order chi connectivity index (χ1) is 8.04. The van der Waals surface area contributed by atoms with Crippen molar-refractivity contribution in [3.05, 3.63) is 28.5 Å². The van der Waals surface area contributed by atoms with Crippen LogP contribution in [0.4, 0.5) is 0 Å². The molecule has 1 atom stereocenters. The number of nitrogens with one attached hydrogen (secondary N) is 1. The summed E-state index contributed by atoms with van der Waals surface area (Å²) in [4.78, 5) is 4.74. The van der Waals surface area contributed by atoms with E-state index in [9.17, 15) is 0 Å². The van der Waals surface area contributed by atoms with Crippen molar-refractivity contribution in [2.24, 2.45) is 0 Å². The normalized spacial score (nSPS) is 13.5. The van der Waals surface area contributed by atoms with Gasteiger partial charge in [-0.05, 0) is 46.0 Å². The molecule has 0 aliphatic carbocycles. The number of benzene rings is 1. The number of nitrogens with zero attached hydrogens (tertiary/aromatic N) is 2. The van der Waals surface area contributed by atoms with Gasteiger partial charge < -0.3 is 9.88 Å². The van der Waals surface area contributed by atoms with Crippen LogP contribution in [0.3, 0.4) is 0 Å². The predicted molar refractivity (Wildman–Crippen MR) is 75.3 cm³/mol. The van der Waals surface area contributed by atoms with Crippen molar-refractivity contribution in [1.29, 1.82) is 0 Å². The number of fused-ring (bicyclic) bond motifs is 1. The van der Waals surface area contributed by atoms with Gasteiger partial charge in [0, 0.05) is 10.5 Å². The molecule has 92 valence electrons. The van der Waals surface area contributed by atoms with E-state index in [0.29, 0.717) is 6.04 Å². The topological polar surface area (TPSA) is 29.9 Å². The number of hydrogen-bond acceptors (Lipinski definition) is 2. The van der Waals surface area contributed by atoms with E-state index in [-0.39, 0.29) is 6.04 Å². The van der Waals surface area contributed by atoms with Gasteiger partial charge in [-0.15, -0.1) is 0 Å². The first kappa shape index (κ1) is 12.6. The maximum atomic E-state index is 4.74. The van der Waals surface area contributed by atoms with Gasteiger partial charge in [0.05, 0.1) is 17.1 Å². The first-order valence-electron chi connectivity index (χ1n) is 5.89. The minimum absolute atomic E-state index is 0.253. The second kappa shape index (κ2) is 4.78. The van der Waals surface area contributed by atoms with Crippen LogP contribution in [0.25, 0.3) is 11.0 Å². The third-order valence-corrected chi connectivity index (χ3v) is 3.51. The summed E-state index contributed by atoms with van der Waals surface area (Å²) in [5, 5.41) is 3.26. The maximum absolute atomic E-state index is 4.74. The number of halogens is 1. The highest BCUT2D eigenvalue weighted by Crippen LogP contribution is 2.26. The zero-order chi connectivity index (χ0) is 12.6. The fourth-order valence-corrected chi connectivity index (χ4v) is 2.42. The Morgan fingerprint density at radius 2 is 2.00 bits per heavy atom. The Labute approximate surface area is 110 Å². The lowest BCUT2D eigenvalue weighted by Crippen LogP contribution is -2.18. The van der Waals surface area contributed by atoms with E-state index < -0.39 is 0 Å². The molecule has 2 aromatic rings. The fraction of sp³-hybridized carbons (Fsp3) is 0.462. The minimum atomic E-state index is 0.253. The Balaban J connectivity index is 2.70. The molecule has 0 spiro atoms. The number of aromatic nitrogens is 2. The lowest BCUT2D eigenvalue weighted by molar-refractivity contribution is 0.521. The average molecular weight is 296 g/mol. The Bertz CT molecular complexity index is 531. The highest BCUT2D eigenvalue weighted by molar-refractivity contribution is 9.10. The Hall–Kier alpha value is -0.870. The molecule has 0 aliphatic heterocycles. The van der Waals surface area contributed by atoms with E-state index in [1.165, 1.54) is 5.52 Å². The third-order valence-electron chi connectivity index (χ3n) is 3.02. The molecule has 0 saturated carbocycles. The zero-order valence-electron chi connectivity index (χ0n) is 10.7. The molecule has 1 unspecified atom stereocenters. The van der Waals surface area contributed by atoms with Crippen LogP contribution in [0.1, 0.15) is 38.7 Å². The Morgan fingerprint density at radius 1 is 1.29 bits per heavy atom. The molecule has 0 bridgehead atoms. The lowest BCUT2D eigenvalue weighted by Gasteiger charge is -2.17. The number of hydrogen-bond donors (Lipinski definition) is 1. The van der Waals surface area contributed by atoms with Crippen molar-refractivity contribution in [3.8, 4) is 0 Å². The van der Waals surface area contributed by atoms with Crippen LogP contribution in [0.5, 0.6) is 0 Å². The van der Waals surface area contributed by atoms with Crippen LogP contribution < -0.4 is 5.32 Å². The van der Waals surface area contributed by atoms with Gasteiger partial charge >= 0.3 is 0 Å². The molecule has 0 saturated heterocycles. The Kier molecular flexibility index (Phi) is 3.54. The lowest BCUT2D eigenvalue weighted by atomic mass is 10.2.